The van der Waals surface area contributed by atoms with E-state index in [2.05, 4.69) is 5.32 Å². The van der Waals surface area contributed by atoms with Crippen molar-refractivity contribution in [3.8, 4) is 11.4 Å². The molecule has 2 aliphatic heterocycles. The van der Waals surface area contributed by atoms with Crippen molar-refractivity contribution in [2.24, 2.45) is 0 Å². The minimum atomic E-state index is -5.10. The van der Waals surface area contributed by atoms with Crippen LogP contribution >= 0.6 is 0 Å². The third-order valence-corrected chi connectivity index (χ3v) is 8.35. The SMILES string of the molecule is CC[C@@]1(OC(C)C)C(=O)OCc2c1cc1n(c2=O)Cc2c-1nc1cc(F)c(C)c3c1c2[C@@H](NC(=O)C(F)(F)F)CC3. The van der Waals surface area contributed by atoms with Crippen LogP contribution in [0.15, 0.2) is 16.9 Å². The second-order valence-electron chi connectivity index (χ2n) is 11.0. The number of pyridine rings is 2. The number of aryl methyl sites for hydroxylation is 1. The summed E-state index contributed by atoms with van der Waals surface area (Å²) >= 11 is 0. The Bertz CT molecular complexity index is 1730. The van der Waals surface area contributed by atoms with Crippen molar-refractivity contribution in [3.63, 3.8) is 0 Å². The summed E-state index contributed by atoms with van der Waals surface area (Å²) in [6.07, 6.45) is -4.95. The summed E-state index contributed by atoms with van der Waals surface area (Å²) in [6.45, 7) is 6.58. The topological polar surface area (TPSA) is 99.5 Å². The van der Waals surface area contributed by atoms with E-state index in [9.17, 15) is 31.9 Å². The van der Waals surface area contributed by atoms with E-state index in [0.29, 0.717) is 38.9 Å². The number of aromatic nitrogens is 2. The van der Waals surface area contributed by atoms with Crippen molar-refractivity contribution in [2.45, 2.75) is 84.0 Å². The van der Waals surface area contributed by atoms with Crippen molar-refractivity contribution in [1.29, 1.82) is 0 Å². The van der Waals surface area contributed by atoms with Gasteiger partial charge in [0.2, 0.25) is 0 Å². The van der Waals surface area contributed by atoms with Crippen molar-refractivity contribution in [1.82, 2.24) is 14.9 Å². The first kappa shape index (κ1) is 27.4. The van der Waals surface area contributed by atoms with Gasteiger partial charge in [0, 0.05) is 22.6 Å². The molecule has 0 spiro atoms. The van der Waals surface area contributed by atoms with Crippen LogP contribution in [0.1, 0.15) is 73.0 Å². The second kappa shape index (κ2) is 9.10. The van der Waals surface area contributed by atoms with Crippen LogP contribution in [0.25, 0.3) is 22.3 Å². The van der Waals surface area contributed by atoms with Gasteiger partial charge in [0.05, 0.1) is 41.2 Å². The number of carbonyl (C=O) groups is 2. The molecule has 0 saturated heterocycles. The molecule has 1 N–H and O–H groups in total. The summed E-state index contributed by atoms with van der Waals surface area (Å²) < 4.78 is 67.7. The Labute approximate surface area is 231 Å². The number of carbonyl (C=O) groups excluding carboxylic acids is 2. The van der Waals surface area contributed by atoms with Gasteiger partial charge in [-0.2, -0.15) is 13.2 Å². The number of cyclic esters (lactones) is 1. The summed E-state index contributed by atoms with van der Waals surface area (Å²) in [6, 6.07) is 1.84. The molecule has 4 heterocycles. The maximum Gasteiger partial charge on any atom is 0.471 e. The molecule has 1 aromatic carbocycles. The molecule has 2 aromatic heterocycles. The lowest BCUT2D eigenvalue weighted by Crippen LogP contribution is -2.47. The van der Waals surface area contributed by atoms with Gasteiger partial charge < -0.3 is 19.4 Å². The molecule has 3 aromatic rings. The number of esters is 1. The quantitative estimate of drug-likeness (QED) is 0.283. The van der Waals surface area contributed by atoms with Crippen molar-refractivity contribution >= 4 is 22.8 Å². The molecule has 216 valence electrons. The monoisotopic (exact) mass is 573 g/mol. The Balaban J connectivity index is 1.63. The molecule has 1 aliphatic carbocycles. The average molecular weight is 574 g/mol. The van der Waals surface area contributed by atoms with E-state index in [-0.39, 0.29) is 55.3 Å². The minimum absolute atomic E-state index is 0.0264. The number of amides is 1. The Morgan fingerprint density at radius 3 is 2.63 bits per heavy atom. The predicted octanol–water partition coefficient (Wildman–Crippen LogP) is 4.63. The van der Waals surface area contributed by atoms with Gasteiger partial charge in [-0.1, -0.05) is 6.92 Å². The molecule has 1 amide bonds. The van der Waals surface area contributed by atoms with Crippen LogP contribution in [0.3, 0.4) is 0 Å². The van der Waals surface area contributed by atoms with Gasteiger partial charge in [0.15, 0.2) is 5.60 Å². The third kappa shape index (κ3) is 3.90. The Morgan fingerprint density at radius 1 is 1.24 bits per heavy atom. The predicted molar refractivity (Wildman–Crippen MR) is 138 cm³/mol. The van der Waals surface area contributed by atoms with Gasteiger partial charge in [-0.15, -0.1) is 0 Å². The fraction of sp³-hybridized carbons (Fsp3) is 0.448. The van der Waals surface area contributed by atoms with Crippen LogP contribution < -0.4 is 10.9 Å². The number of nitrogens with one attached hydrogen (secondary N) is 1. The Hall–Kier alpha value is -3.80. The molecule has 0 radical (unpaired) electrons. The summed E-state index contributed by atoms with van der Waals surface area (Å²) in [5.74, 6) is -3.22. The zero-order valence-corrected chi connectivity index (χ0v) is 22.8. The van der Waals surface area contributed by atoms with E-state index in [1.54, 1.807) is 33.8 Å². The highest BCUT2D eigenvalue weighted by atomic mass is 19.4. The lowest BCUT2D eigenvalue weighted by Gasteiger charge is -2.37. The van der Waals surface area contributed by atoms with Gasteiger partial charge in [0.25, 0.3) is 5.56 Å². The molecule has 12 heteroatoms. The number of halogens is 4. The van der Waals surface area contributed by atoms with Gasteiger partial charge in [-0.05, 0) is 62.8 Å². The molecule has 41 heavy (non-hydrogen) atoms. The first-order valence-corrected chi connectivity index (χ1v) is 13.4. The first-order valence-electron chi connectivity index (χ1n) is 13.4. The fourth-order valence-electron chi connectivity index (χ4n) is 6.52. The molecular weight excluding hydrogens is 546 g/mol. The van der Waals surface area contributed by atoms with E-state index in [1.165, 1.54) is 10.6 Å². The molecule has 8 nitrogen and oxygen atoms in total. The van der Waals surface area contributed by atoms with Gasteiger partial charge in [0.1, 0.15) is 12.4 Å². The number of rotatable bonds is 4. The summed E-state index contributed by atoms with van der Waals surface area (Å²) in [5.41, 5.74) is 1.26. The van der Waals surface area contributed by atoms with E-state index < -0.39 is 41.1 Å². The average Bonchev–Trinajstić information content (AvgIpc) is 3.27. The summed E-state index contributed by atoms with van der Waals surface area (Å²) in [4.78, 5) is 43.7. The third-order valence-electron chi connectivity index (χ3n) is 8.35. The lowest BCUT2D eigenvalue weighted by molar-refractivity contribution is -0.187. The van der Waals surface area contributed by atoms with Crippen LogP contribution in [-0.2, 0) is 44.2 Å². The van der Waals surface area contributed by atoms with Crippen molar-refractivity contribution in [2.75, 3.05) is 0 Å². The molecule has 2 atom stereocenters. The number of hydrogen-bond acceptors (Lipinski definition) is 6. The molecule has 0 unspecified atom stereocenters. The standard InChI is InChI=1S/C29H27F4N3O5/c1-5-28(41-12(2)3)17-8-21-24-15(10-36(21)25(37)16(17)11-40-27(28)39)23-19(35-26(38)29(31,32)33)7-6-14-13(4)18(30)9-20(34-24)22(14)23/h8-9,12,19H,5-7,10-11H2,1-4H3,(H,35,38)/t19-,28-/m0/s1. The highest BCUT2D eigenvalue weighted by Gasteiger charge is 2.49. The van der Waals surface area contributed by atoms with Gasteiger partial charge in [-0.25, -0.2) is 14.2 Å². The van der Waals surface area contributed by atoms with Crippen LogP contribution in [0.5, 0.6) is 0 Å². The minimum Gasteiger partial charge on any atom is -0.458 e. The zero-order chi connectivity index (χ0) is 29.6. The smallest absolute Gasteiger partial charge is 0.458 e. The highest BCUT2D eigenvalue weighted by Crippen LogP contribution is 2.46. The second-order valence-corrected chi connectivity index (χ2v) is 11.0. The Kier molecular flexibility index (Phi) is 6.08. The van der Waals surface area contributed by atoms with Crippen LogP contribution in [0, 0.1) is 12.7 Å². The zero-order valence-electron chi connectivity index (χ0n) is 22.8. The fourth-order valence-corrected chi connectivity index (χ4v) is 6.52. The molecule has 0 bridgehead atoms. The lowest BCUT2D eigenvalue weighted by atomic mass is 9.81. The number of ether oxygens (including phenoxy) is 2. The largest absolute Gasteiger partial charge is 0.471 e. The van der Waals surface area contributed by atoms with E-state index >= 15 is 0 Å². The van der Waals surface area contributed by atoms with Crippen LogP contribution in [0.2, 0.25) is 0 Å². The summed E-state index contributed by atoms with van der Waals surface area (Å²) in [5, 5.41) is 2.59. The van der Waals surface area contributed by atoms with Crippen molar-refractivity contribution in [3.05, 3.63) is 61.7 Å². The maximum absolute atomic E-state index is 15.0. The van der Waals surface area contributed by atoms with E-state index in [1.807, 2.05) is 0 Å². The summed E-state index contributed by atoms with van der Waals surface area (Å²) in [7, 11) is 0. The molecule has 0 saturated carbocycles. The molecular formula is C29H27F4N3O5. The Morgan fingerprint density at radius 2 is 1.98 bits per heavy atom. The number of alkyl halides is 3. The van der Waals surface area contributed by atoms with Crippen LogP contribution in [-0.4, -0.2) is 33.7 Å². The van der Waals surface area contributed by atoms with Crippen molar-refractivity contribution < 1.29 is 36.6 Å². The number of fused-ring (bicyclic) bond motifs is 5. The van der Waals surface area contributed by atoms with Crippen LogP contribution in [0.4, 0.5) is 17.6 Å². The van der Waals surface area contributed by atoms with E-state index in [4.69, 9.17) is 14.5 Å². The molecule has 0 fully saturated rings. The number of hydrogen-bond donors (Lipinski definition) is 1. The molecule has 6 rings (SSSR count). The molecule has 3 aliphatic rings. The van der Waals surface area contributed by atoms with Gasteiger partial charge >= 0.3 is 18.1 Å². The highest BCUT2D eigenvalue weighted by molar-refractivity contribution is 5.94. The normalized spacial score (nSPS) is 21.0. The number of nitrogens with zero attached hydrogens (tertiary/aromatic N) is 2. The number of benzene rings is 1. The van der Waals surface area contributed by atoms with E-state index in [0.717, 1.165) is 0 Å². The van der Waals surface area contributed by atoms with Gasteiger partial charge in [-0.3, -0.25) is 9.59 Å². The maximum atomic E-state index is 15.0. The first-order chi connectivity index (χ1) is 19.3.